The van der Waals surface area contributed by atoms with E-state index in [0.29, 0.717) is 5.69 Å². The van der Waals surface area contributed by atoms with Crippen LogP contribution in [0, 0.1) is 0 Å². The molecular weight excluding hydrogens is 196 g/mol. The molecule has 6 heteroatoms. The molecule has 1 heterocycles. The maximum absolute atomic E-state index is 10.5. The van der Waals surface area contributed by atoms with Gasteiger partial charge in [-0.2, -0.15) is 0 Å². The van der Waals surface area contributed by atoms with Gasteiger partial charge in [0.15, 0.2) is 0 Å². The number of carboxylic acids is 1. The molecule has 0 aliphatic heterocycles. The number of carboxylic acid groups (broad SMARTS) is 1. The second-order valence-electron chi connectivity index (χ2n) is 3.84. The van der Waals surface area contributed by atoms with E-state index >= 15 is 0 Å². The number of aromatic nitrogens is 3. The first-order valence-electron chi connectivity index (χ1n) is 4.80. The van der Waals surface area contributed by atoms with Crippen molar-refractivity contribution in [2.75, 3.05) is 0 Å². The molecule has 0 amide bonds. The maximum atomic E-state index is 10.5. The summed E-state index contributed by atoms with van der Waals surface area (Å²) in [5, 5.41) is 16.4. The minimum absolute atomic E-state index is 0.127. The molecule has 0 radical (unpaired) electrons. The van der Waals surface area contributed by atoms with Crippen LogP contribution in [0.25, 0.3) is 0 Å². The van der Waals surface area contributed by atoms with Crippen molar-refractivity contribution in [2.45, 2.75) is 32.2 Å². The van der Waals surface area contributed by atoms with Gasteiger partial charge < -0.3 is 10.8 Å². The predicted molar refractivity (Wildman–Crippen MR) is 54.3 cm³/mol. The van der Waals surface area contributed by atoms with Crippen LogP contribution < -0.4 is 5.73 Å². The minimum Gasteiger partial charge on any atom is -0.481 e. The van der Waals surface area contributed by atoms with Crippen LogP contribution in [0.3, 0.4) is 0 Å². The summed E-state index contributed by atoms with van der Waals surface area (Å²) in [5.41, 5.74) is 7.22. The summed E-state index contributed by atoms with van der Waals surface area (Å²) in [5.74, 6) is -0.706. The topological polar surface area (TPSA) is 94.0 Å². The van der Waals surface area contributed by atoms with Crippen molar-refractivity contribution in [2.24, 2.45) is 12.8 Å². The van der Waals surface area contributed by atoms with Crippen molar-refractivity contribution in [1.29, 1.82) is 0 Å². The smallest absolute Gasteiger partial charge is 0.305 e. The van der Waals surface area contributed by atoms with Crippen LogP contribution in [0.15, 0.2) is 0 Å². The van der Waals surface area contributed by atoms with Crippen molar-refractivity contribution in [3.63, 3.8) is 0 Å². The molecule has 0 saturated heterocycles. The van der Waals surface area contributed by atoms with E-state index < -0.39 is 12.0 Å². The van der Waals surface area contributed by atoms with Crippen molar-refractivity contribution in [3.8, 4) is 0 Å². The Hall–Kier alpha value is -1.43. The van der Waals surface area contributed by atoms with Crippen LogP contribution in [0.1, 0.15) is 43.6 Å². The van der Waals surface area contributed by atoms with E-state index in [1.807, 2.05) is 13.8 Å². The van der Waals surface area contributed by atoms with Crippen LogP contribution in [0.2, 0.25) is 0 Å². The van der Waals surface area contributed by atoms with E-state index in [4.69, 9.17) is 10.8 Å². The Morgan fingerprint density at radius 2 is 2.20 bits per heavy atom. The molecule has 0 saturated carbocycles. The second-order valence-corrected chi connectivity index (χ2v) is 3.84. The van der Waals surface area contributed by atoms with Crippen LogP contribution in [-0.2, 0) is 11.8 Å². The number of aliphatic carboxylic acids is 1. The lowest BCUT2D eigenvalue weighted by Gasteiger charge is -2.11. The molecule has 6 nitrogen and oxygen atoms in total. The molecule has 1 aromatic heterocycles. The highest BCUT2D eigenvalue weighted by Gasteiger charge is 2.21. The van der Waals surface area contributed by atoms with Gasteiger partial charge in [-0.05, 0) is 5.92 Å². The summed E-state index contributed by atoms with van der Waals surface area (Å²) >= 11 is 0. The number of nitrogens with zero attached hydrogens (tertiary/aromatic N) is 3. The van der Waals surface area contributed by atoms with Crippen LogP contribution >= 0.6 is 0 Å². The van der Waals surface area contributed by atoms with Crippen LogP contribution in [-0.4, -0.2) is 26.1 Å². The first-order valence-corrected chi connectivity index (χ1v) is 4.80. The van der Waals surface area contributed by atoms with Gasteiger partial charge in [-0.15, -0.1) is 5.10 Å². The SMILES string of the molecule is CC(C)c1c(C(N)CC(=O)O)nnn1C. The van der Waals surface area contributed by atoms with Crippen molar-refractivity contribution < 1.29 is 9.90 Å². The Balaban J connectivity index is 2.98. The Morgan fingerprint density at radius 3 is 2.67 bits per heavy atom. The van der Waals surface area contributed by atoms with Gasteiger partial charge in [0.05, 0.1) is 18.2 Å². The lowest BCUT2D eigenvalue weighted by atomic mass is 10.0. The van der Waals surface area contributed by atoms with E-state index in [9.17, 15) is 4.79 Å². The summed E-state index contributed by atoms with van der Waals surface area (Å²) in [6.07, 6.45) is -0.127. The van der Waals surface area contributed by atoms with Gasteiger partial charge in [-0.3, -0.25) is 9.48 Å². The zero-order valence-electron chi connectivity index (χ0n) is 9.14. The molecule has 0 bridgehead atoms. The fraction of sp³-hybridized carbons (Fsp3) is 0.667. The molecule has 0 aromatic carbocycles. The lowest BCUT2D eigenvalue weighted by molar-refractivity contribution is -0.137. The zero-order valence-corrected chi connectivity index (χ0v) is 9.14. The summed E-state index contributed by atoms with van der Waals surface area (Å²) in [7, 11) is 1.78. The van der Waals surface area contributed by atoms with Gasteiger partial charge in [0.1, 0.15) is 5.69 Å². The standard InChI is InChI=1S/C9H16N4O2/c1-5(2)9-8(11-12-13(9)3)6(10)4-7(14)15/h5-6H,4,10H2,1-3H3,(H,14,15). The number of aryl methyl sites for hydroxylation is 1. The maximum Gasteiger partial charge on any atom is 0.305 e. The van der Waals surface area contributed by atoms with Gasteiger partial charge in [-0.1, -0.05) is 19.1 Å². The third-order valence-corrected chi connectivity index (χ3v) is 2.19. The van der Waals surface area contributed by atoms with Gasteiger partial charge >= 0.3 is 5.97 Å². The third-order valence-electron chi connectivity index (χ3n) is 2.19. The number of nitrogens with two attached hydrogens (primary N) is 1. The molecule has 1 aromatic rings. The molecule has 3 N–H and O–H groups in total. The summed E-state index contributed by atoms with van der Waals surface area (Å²) in [6.45, 7) is 3.99. The fourth-order valence-electron chi connectivity index (χ4n) is 1.60. The van der Waals surface area contributed by atoms with E-state index in [1.165, 1.54) is 0 Å². The molecule has 0 spiro atoms. The molecule has 1 rings (SSSR count). The molecule has 15 heavy (non-hydrogen) atoms. The Bertz CT molecular complexity index is 359. The van der Waals surface area contributed by atoms with E-state index in [-0.39, 0.29) is 12.3 Å². The van der Waals surface area contributed by atoms with Crippen LogP contribution in [0.5, 0.6) is 0 Å². The van der Waals surface area contributed by atoms with Gasteiger partial charge in [0, 0.05) is 7.05 Å². The molecule has 1 unspecified atom stereocenters. The summed E-state index contributed by atoms with van der Waals surface area (Å²) in [6, 6.07) is -0.589. The highest BCUT2D eigenvalue weighted by atomic mass is 16.4. The highest BCUT2D eigenvalue weighted by molar-refractivity contribution is 5.67. The molecule has 84 valence electrons. The first kappa shape index (κ1) is 11.6. The molecule has 0 aliphatic carbocycles. The number of rotatable bonds is 4. The van der Waals surface area contributed by atoms with Crippen molar-refractivity contribution in [1.82, 2.24) is 15.0 Å². The van der Waals surface area contributed by atoms with E-state index in [2.05, 4.69) is 10.3 Å². The molecule has 0 fully saturated rings. The number of hydrogen-bond acceptors (Lipinski definition) is 4. The predicted octanol–water partition coefficient (Wildman–Crippen LogP) is 0.413. The third kappa shape index (κ3) is 2.53. The van der Waals surface area contributed by atoms with E-state index in [0.717, 1.165) is 5.69 Å². The van der Waals surface area contributed by atoms with Crippen molar-refractivity contribution >= 4 is 5.97 Å². The monoisotopic (exact) mass is 212 g/mol. The molecule has 0 aliphatic rings. The average Bonchev–Trinajstić information content (AvgIpc) is 2.45. The number of hydrogen-bond donors (Lipinski definition) is 2. The van der Waals surface area contributed by atoms with Crippen LogP contribution in [0.4, 0.5) is 0 Å². The highest BCUT2D eigenvalue weighted by Crippen LogP contribution is 2.22. The summed E-state index contributed by atoms with van der Waals surface area (Å²) < 4.78 is 1.64. The minimum atomic E-state index is -0.928. The number of carbonyl (C=O) groups is 1. The summed E-state index contributed by atoms with van der Waals surface area (Å²) in [4.78, 5) is 10.5. The van der Waals surface area contributed by atoms with Gasteiger partial charge in [0.25, 0.3) is 0 Å². The fourth-order valence-corrected chi connectivity index (χ4v) is 1.60. The largest absolute Gasteiger partial charge is 0.481 e. The van der Waals surface area contributed by atoms with Crippen molar-refractivity contribution in [3.05, 3.63) is 11.4 Å². The van der Waals surface area contributed by atoms with E-state index in [1.54, 1.807) is 11.7 Å². The van der Waals surface area contributed by atoms with Gasteiger partial charge in [0.2, 0.25) is 0 Å². The Labute approximate surface area is 88.1 Å². The average molecular weight is 212 g/mol. The Morgan fingerprint density at radius 1 is 1.60 bits per heavy atom. The quantitative estimate of drug-likeness (QED) is 0.754. The normalized spacial score (nSPS) is 13.1. The zero-order chi connectivity index (χ0) is 11.6. The molecule has 1 atom stereocenters. The lowest BCUT2D eigenvalue weighted by Crippen LogP contribution is -2.18. The molecular formula is C9H16N4O2. The van der Waals surface area contributed by atoms with Gasteiger partial charge in [-0.25, -0.2) is 0 Å². The second kappa shape index (κ2) is 4.39. The first-order chi connectivity index (χ1) is 6.93. The Kier molecular flexibility index (Phi) is 3.41.